The van der Waals surface area contributed by atoms with Crippen LogP contribution in [0.15, 0.2) is 12.1 Å². The zero-order valence-electron chi connectivity index (χ0n) is 13.7. The van der Waals surface area contributed by atoms with E-state index in [9.17, 15) is 15.2 Å². The van der Waals surface area contributed by atoms with Gasteiger partial charge >= 0.3 is 0 Å². The van der Waals surface area contributed by atoms with Crippen molar-refractivity contribution in [1.29, 1.82) is 0 Å². The van der Waals surface area contributed by atoms with E-state index in [0.29, 0.717) is 5.56 Å². The first kappa shape index (κ1) is 17.5. The summed E-state index contributed by atoms with van der Waals surface area (Å²) in [6.07, 6.45) is 2.89. The number of nitrogens with zero attached hydrogens (tertiary/aromatic N) is 2. The Balaban J connectivity index is 2.42. The SMILES string of the molecule is CCCC[C@H](c1cc([N+](=O)[O-])cc(OC)c1O)N1CCNCC1. The highest BCUT2D eigenvalue weighted by atomic mass is 16.6. The molecule has 0 radical (unpaired) electrons. The first-order chi connectivity index (χ1) is 11.1. The average molecular weight is 323 g/mol. The highest BCUT2D eigenvalue weighted by Crippen LogP contribution is 2.41. The number of nitro groups is 1. The van der Waals surface area contributed by atoms with Gasteiger partial charge in [0.2, 0.25) is 0 Å². The van der Waals surface area contributed by atoms with E-state index in [4.69, 9.17) is 4.74 Å². The Hall–Kier alpha value is -1.86. The van der Waals surface area contributed by atoms with Gasteiger partial charge in [0.1, 0.15) is 0 Å². The van der Waals surface area contributed by atoms with Gasteiger partial charge in [0.25, 0.3) is 5.69 Å². The normalized spacial score (nSPS) is 17.0. The van der Waals surface area contributed by atoms with Crippen molar-refractivity contribution in [3.8, 4) is 11.5 Å². The quantitative estimate of drug-likeness (QED) is 0.592. The van der Waals surface area contributed by atoms with Crippen molar-refractivity contribution in [3.63, 3.8) is 0 Å². The summed E-state index contributed by atoms with van der Waals surface area (Å²) < 4.78 is 5.13. The molecule has 0 spiro atoms. The molecule has 0 saturated carbocycles. The maximum atomic E-state index is 11.2. The molecule has 0 bridgehead atoms. The van der Waals surface area contributed by atoms with E-state index >= 15 is 0 Å². The number of nitro benzene ring substituents is 1. The lowest BCUT2D eigenvalue weighted by Gasteiger charge is -2.35. The number of nitrogens with one attached hydrogen (secondary N) is 1. The van der Waals surface area contributed by atoms with Crippen LogP contribution in [0.5, 0.6) is 11.5 Å². The summed E-state index contributed by atoms with van der Waals surface area (Å²) in [6.45, 7) is 5.60. The molecule has 0 aromatic heterocycles. The molecule has 2 N–H and O–H groups in total. The molecule has 0 unspecified atom stereocenters. The Labute approximate surface area is 136 Å². The molecule has 1 aliphatic rings. The third-order valence-electron chi connectivity index (χ3n) is 4.30. The number of benzene rings is 1. The molecule has 1 aliphatic heterocycles. The molecule has 2 rings (SSSR count). The van der Waals surface area contributed by atoms with E-state index in [1.165, 1.54) is 19.2 Å². The van der Waals surface area contributed by atoms with Gasteiger partial charge in [-0.3, -0.25) is 15.0 Å². The van der Waals surface area contributed by atoms with Crippen LogP contribution in [0.3, 0.4) is 0 Å². The highest BCUT2D eigenvalue weighted by molar-refractivity contribution is 5.54. The van der Waals surface area contributed by atoms with E-state index in [2.05, 4.69) is 17.1 Å². The maximum Gasteiger partial charge on any atom is 0.273 e. The molecule has 0 amide bonds. The fourth-order valence-electron chi connectivity index (χ4n) is 3.06. The minimum Gasteiger partial charge on any atom is -0.504 e. The number of ether oxygens (including phenoxy) is 1. The minimum absolute atomic E-state index is 0.0118. The lowest BCUT2D eigenvalue weighted by molar-refractivity contribution is -0.385. The van der Waals surface area contributed by atoms with Crippen LogP contribution in [0.2, 0.25) is 0 Å². The number of hydrogen-bond acceptors (Lipinski definition) is 6. The van der Waals surface area contributed by atoms with Gasteiger partial charge in [-0.25, -0.2) is 0 Å². The number of methoxy groups -OCH3 is 1. The molecular weight excluding hydrogens is 298 g/mol. The zero-order chi connectivity index (χ0) is 16.8. The average Bonchev–Trinajstić information content (AvgIpc) is 2.57. The van der Waals surface area contributed by atoms with Gasteiger partial charge in [0.05, 0.1) is 18.1 Å². The molecule has 1 atom stereocenters. The molecule has 1 aromatic rings. The summed E-state index contributed by atoms with van der Waals surface area (Å²) in [5, 5.41) is 25.0. The van der Waals surface area contributed by atoms with E-state index < -0.39 is 4.92 Å². The van der Waals surface area contributed by atoms with Crippen molar-refractivity contribution in [2.45, 2.75) is 32.2 Å². The van der Waals surface area contributed by atoms with Crippen LogP contribution in [0.25, 0.3) is 0 Å². The predicted molar refractivity (Wildman–Crippen MR) is 88.0 cm³/mol. The van der Waals surface area contributed by atoms with Gasteiger partial charge in [-0.1, -0.05) is 19.8 Å². The number of rotatable bonds is 7. The number of hydrogen-bond donors (Lipinski definition) is 2. The second-order valence-corrected chi connectivity index (χ2v) is 5.79. The summed E-state index contributed by atoms with van der Waals surface area (Å²) >= 11 is 0. The molecule has 1 heterocycles. The van der Waals surface area contributed by atoms with Crippen LogP contribution in [-0.2, 0) is 0 Å². The van der Waals surface area contributed by atoms with Crippen LogP contribution >= 0.6 is 0 Å². The number of unbranched alkanes of at least 4 members (excludes halogenated alkanes) is 1. The Morgan fingerprint density at radius 2 is 2.13 bits per heavy atom. The number of non-ortho nitro benzene ring substituents is 1. The van der Waals surface area contributed by atoms with Crippen LogP contribution < -0.4 is 10.1 Å². The fourth-order valence-corrected chi connectivity index (χ4v) is 3.06. The van der Waals surface area contributed by atoms with E-state index in [1.807, 2.05) is 0 Å². The zero-order valence-corrected chi connectivity index (χ0v) is 13.7. The molecule has 1 fully saturated rings. The van der Waals surface area contributed by atoms with Crippen molar-refractivity contribution in [2.24, 2.45) is 0 Å². The molecule has 7 nitrogen and oxygen atoms in total. The van der Waals surface area contributed by atoms with Crippen molar-refractivity contribution in [3.05, 3.63) is 27.8 Å². The van der Waals surface area contributed by atoms with Crippen LogP contribution in [0.1, 0.15) is 37.8 Å². The van der Waals surface area contributed by atoms with Crippen LogP contribution in [0, 0.1) is 10.1 Å². The highest BCUT2D eigenvalue weighted by Gasteiger charge is 2.28. The molecule has 0 aliphatic carbocycles. The fraction of sp³-hybridized carbons (Fsp3) is 0.625. The lowest BCUT2D eigenvalue weighted by atomic mass is 9.96. The van der Waals surface area contributed by atoms with Crippen LogP contribution in [-0.4, -0.2) is 48.2 Å². The first-order valence-electron chi connectivity index (χ1n) is 8.08. The molecule has 23 heavy (non-hydrogen) atoms. The molecule has 128 valence electrons. The minimum atomic E-state index is -0.444. The smallest absolute Gasteiger partial charge is 0.273 e. The molecular formula is C16H25N3O4. The van der Waals surface area contributed by atoms with Gasteiger partial charge in [-0.15, -0.1) is 0 Å². The van der Waals surface area contributed by atoms with Gasteiger partial charge in [-0.2, -0.15) is 0 Å². The Morgan fingerprint density at radius 1 is 1.43 bits per heavy atom. The monoisotopic (exact) mass is 323 g/mol. The largest absolute Gasteiger partial charge is 0.504 e. The number of piperazine rings is 1. The number of aromatic hydroxyl groups is 1. The maximum absolute atomic E-state index is 11.2. The molecule has 1 aromatic carbocycles. The summed E-state index contributed by atoms with van der Waals surface area (Å²) in [6, 6.07) is 2.72. The third kappa shape index (κ3) is 4.11. The van der Waals surface area contributed by atoms with Crippen molar-refractivity contribution < 1.29 is 14.8 Å². The predicted octanol–water partition coefficient (Wildman–Crippen LogP) is 2.45. The van der Waals surface area contributed by atoms with Crippen molar-refractivity contribution in [2.75, 3.05) is 33.3 Å². The number of phenols is 1. The summed E-state index contributed by atoms with van der Waals surface area (Å²) in [5.41, 5.74) is 0.540. The first-order valence-corrected chi connectivity index (χ1v) is 8.08. The standard InChI is InChI=1S/C16H25N3O4/c1-3-4-5-14(18-8-6-17-7-9-18)13-10-12(19(21)22)11-15(23-2)16(13)20/h10-11,14,17,20H,3-9H2,1-2H3/t14-/m1/s1. The molecule has 7 heteroatoms. The third-order valence-corrected chi connectivity index (χ3v) is 4.30. The van der Waals surface area contributed by atoms with Crippen molar-refractivity contribution >= 4 is 5.69 Å². The Kier molecular flexibility index (Phi) is 6.18. The van der Waals surface area contributed by atoms with Gasteiger partial charge in [-0.05, 0) is 6.42 Å². The van der Waals surface area contributed by atoms with Gasteiger partial charge < -0.3 is 15.2 Å². The van der Waals surface area contributed by atoms with Gasteiger partial charge in [0.15, 0.2) is 11.5 Å². The lowest BCUT2D eigenvalue weighted by Crippen LogP contribution is -2.45. The Bertz CT molecular complexity index is 544. The number of phenolic OH excluding ortho intramolecular Hbond substituents is 1. The van der Waals surface area contributed by atoms with Gasteiger partial charge in [0, 0.05) is 43.9 Å². The van der Waals surface area contributed by atoms with Crippen molar-refractivity contribution in [1.82, 2.24) is 10.2 Å². The van der Waals surface area contributed by atoms with Crippen LogP contribution in [0.4, 0.5) is 5.69 Å². The summed E-state index contributed by atoms with van der Waals surface area (Å²) in [5.74, 6) is 0.170. The summed E-state index contributed by atoms with van der Waals surface area (Å²) in [4.78, 5) is 13.0. The summed E-state index contributed by atoms with van der Waals surface area (Å²) in [7, 11) is 1.41. The second kappa shape index (κ2) is 8.12. The van der Waals surface area contributed by atoms with E-state index in [-0.39, 0.29) is 23.2 Å². The Morgan fingerprint density at radius 3 is 2.70 bits per heavy atom. The van der Waals surface area contributed by atoms with E-state index in [0.717, 1.165) is 45.4 Å². The van der Waals surface area contributed by atoms with E-state index in [1.54, 1.807) is 0 Å². The topological polar surface area (TPSA) is 87.9 Å². The second-order valence-electron chi connectivity index (χ2n) is 5.79. The molecule has 1 saturated heterocycles.